The summed E-state index contributed by atoms with van der Waals surface area (Å²) >= 11 is 3.39. The van der Waals surface area contributed by atoms with Crippen LogP contribution in [0.1, 0.15) is 22.6 Å². The van der Waals surface area contributed by atoms with Crippen molar-refractivity contribution in [3.63, 3.8) is 0 Å². The summed E-state index contributed by atoms with van der Waals surface area (Å²) in [5.74, 6) is 2.44. The van der Waals surface area contributed by atoms with Crippen LogP contribution in [-0.4, -0.2) is 35.7 Å². The molecule has 7 heteroatoms. The Morgan fingerprint density at radius 2 is 1.82 bits per heavy atom. The number of fused-ring (bicyclic) bond motifs is 1. The summed E-state index contributed by atoms with van der Waals surface area (Å²) in [4.78, 5) is 17.2. The number of ether oxygens (including phenoxy) is 2. The molecule has 0 saturated carbocycles. The van der Waals surface area contributed by atoms with E-state index in [0.717, 1.165) is 45.8 Å². The highest BCUT2D eigenvalue weighted by atomic mass is 79.9. The monoisotopic (exact) mass is 507 g/mol. The van der Waals surface area contributed by atoms with Crippen molar-refractivity contribution in [2.24, 2.45) is 0 Å². The molecule has 6 nitrogen and oxygen atoms in total. The molecule has 0 saturated heterocycles. The van der Waals surface area contributed by atoms with E-state index in [1.54, 1.807) is 19.2 Å². The molecule has 33 heavy (non-hydrogen) atoms. The van der Waals surface area contributed by atoms with Gasteiger partial charge in [0, 0.05) is 35.6 Å². The quantitative estimate of drug-likeness (QED) is 0.297. The van der Waals surface area contributed by atoms with Crippen LogP contribution in [0.3, 0.4) is 0 Å². The molecule has 3 aromatic carbocycles. The van der Waals surface area contributed by atoms with Crippen LogP contribution in [0, 0.1) is 0 Å². The Morgan fingerprint density at radius 1 is 1.03 bits per heavy atom. The van der Waals surface area contributed by atoms with Crippen LogP contribution >= 0.6 is 15.9 Å². The van der Waals surface area contributed by atoms with Gasteiger partial charge in [-0.25, -0.2) is 4.98 Å². The van der Waals surface area contributed by atoms with Crippen LogP contribution in [0.4, 0.5) is 0 Å². The van der Waals surface area contributed by atoms with E-state index in [9.17, 15) is 4.79 Å². The van der Waals surface area contributed by atoms with Gasteiger partial charge in [-0.1, -0.05) is 34.1 Å². The molecule has 170 valence electrons. The number of amides is 1. The van der Waals surface area contributed by atoms with Gasteiger partial charge in [0.2, 0.25) is 0 Å². The molecular formula is C26H26BrN3O3. The molecule has 1 amide bonds. The SMILES string of the molecule is COc1cccc(OCCCn2c(CCNC(=O)c3ccc(Br)cc3)nc3ccccc32)c1. The van der Waals surface area contributed by atoms with Gasteiger partial charge in [-0.05, 0) is 55.0 Å². The topological polar surface area (TPSA) is 65.4 Å². The highest BCUT2D eigenvalue weighted by Gasteiger charge is 2.11. The number of carbonyl (C=O) groups excluding carboxylic acids is 1. The van der Waals surface area contributed by atoms with Gasteiger partial charge in [0.15, 0.2) is 0 Å². The number of benzene rings is 3. The number of imidazole rings is 1. The Kier molecular flexibility index (Phi) is 7.62. The van der Waals surface area contributed by atoms with Crippen LogP contribution < -0.4 is 14.8 Å². The van der Waals surface area contributed by atoms with E-state index in [0.29, 0.717) is 25.1 Å². The third-order valence-electron chi connectivity index (χ3n) is 5.31. The molecular weight excluding hydrogens is 482 g/mol. The second kappa shape index (κ2) is 11.0. The minimum atomic E-state index is -0.0862. The number of methoxy groups -OCH3 is 1. The van der Waals surface area contributed by atoms with Crippen LogP contribution in [0.5, 0.6) is 11.5 Å². The van der Waals surface area contributed by atoms with E-state index in [-0.39, 0.29) is 5.91 Å². The van der Waals surface area contributed by atoms with Gasteiger partial charge < -0.3 is 19.4 Å². The standard InChI is InChI=1S/C26H26BrN3O3/c1-32-21-6-4-7-22(18-21)33-17-5-16-30-24-9-3-2-8-23(24)29-25(30)14-15-28-26(31)19-10-12-20(27)13-11-19/h2-4,6-13,18H,5,14-17H2,1H3,(H,28,31). The Bertz CT molecular complexity index is 1220. The van der Waals surface area contributed by atoms with Gasteiger partial charge in [-0.2, -0.15) is 0 Å². The number of nitrogens with one attached hydrogen (secondary N) is 1. The van der Waals surface area contributed by atoms with Crippen molar-refractivity contribution in [2.75, 3.05) is 20.3 Å². The lowest BCUT2D eigenvalue weighted by Crippen LogP contribution is -2.26. The number of halogens is 1. The van der Waals surface area contributed by atoms with Gasteiger partial charge in [0.25, 0.3) is 5.91 Å². The molecule has 0 unspecified atom stereocenters. The summed E-state index contributed by atoms with van der Waals surface area (Å²) in [6.07, 6.45) is 1.48. The average molecular weight is 508 g/mol. The predicted octanol–water partition coefficient (Wildman–Crippen LogP) is 5.25. The summed E-state index contributed by atoms with van der Waals surface area (Å²) in [6, 6.07) is 23.1. The number of aryl methyl sites for hydroxylation is 1. The molecule has 1 heterocycles. The lowest BCUT2D eigenvalue weighted by atomic mass is 10.2. The van der Waals surface area contributed by atoms with Crippen LogP contribution in [0.2, 0.25) is 0 Å². The number of para-hydroxylation sites is 2. The zero-order chi connectivity index (χ0) is 23.0. The van der Waals surface area contributed by atoms with Crippen molar-refractivity contribution in [3.05, 3.63) is 88.7 Å². The zero-order valence-corrected chi connectivity index (χ0v) is 20.0. The minimum Gasteiger partial charge on any atom is -0.497 e. The molecule has 1 aromatic heterocycles. The molecule has 0 radical (unpaired) electrons. The second-order valence-corrected chi connectivity index (χ2v) is 8.48. The maximum absolute atomic E-state index is 12.4. The van der Waals surface area contributed by atoms with E-state index in [4.69, 9.17) is 14.5 Å². The molecule has 0 bridgehead atoms. The zero-order valence-electron chi connectivity index (χ0n) is 18.5. The first-order valence-electron chi connectivity index (χ1n) is 10.9. The summed E-state index contributed by atoms with van der Waals surface area (Å²) in [5.41, 5.74) is 2.69. The number of rotatable bonds is 10. The third-order valence-corrected chi connectivity index (χ3v) is 5.84. The maximum Gasteiger partial charge on any atom is 0.251 e. The number of hydrogen-bond acceptors (Lipinski definition) is 4. The van der Waals surface area contributed by atoms with E-state index in [1.165, 1.54) is 0 Å². The molecule has 0 fully saturated rings. The Labute approximate surface area is 201 Å². The maximum atomic E-state index is 12.4. The molecule has 0 aliphatic heterocycles. The highest BCUT2D eigenvalue weighted by Crippen LogP contribution is 2.20. The summed E-state index contributed by atoms with van der Waals surface area (Å²) in [7, 11) is 1.64. The number of carbonyl (C=O) groups is 1. The lowest BCUT2D eigenvalue weighted by molar-refractivity contribution is 0.0954. The molecule has 4 aromatic rings. The van der Waals surface area contributed by atoms with Crippen molar-refractivity contribution in [1.82, 2.24) is 14.9 Å². The normalized spacial score (nSPS) is 10.8. The Morgan fingerprint density at radius 3 is 2.64 bits per heavy atom. The largest absolute Gasteiger partial charge is 0.497 e. The van der Waals surface area contributed by atoms with Gasteiger partial charge >= 0.3 is 0 Å². The van der Waals surface area contributed by atoms with E-state index >= 15 is 0 Å². The Balaban J connectivity index is 1.36. The van der Waals surface area contributed by atoms with Crippen molar-refractivity contribution >= 4 is 32.9 Å². The molecule has 0 aliphatic rings. The smallest absolute Gasteiger partial charge is 0.251 e. The highest BCUT2D eigenvalue weighted by molar-refractivity contribution is 9.10. The fraction of sp³-hybridized carbons (Fsp3) is 0.231. The van der Waals surface area contributed by atoms with Gasteiger partial charge in [-0.15, -0.1) is 0 Å². The fourth-order valence-electron chi connectivity index (χ4n) is 3.66. The predicted molar refractivity (Wildman–Crippen MR) is 133 cm³/mol. The van der Waals surface area contributed by atoms with Crippen LogP contribution in [0.25, 0.3) is 11.0 Å². The molecule has 1 N–H and O–H groups in total. The average Bonchev–Trinajstić information content (AvgIpc) is 3.19. The molecule has 0 atom stereocenters. The minimum absolute atomic E-state index is 0.0862. The first kappa shape index (κ1) is 22.9. The number of hydrogen-bond donors (Lipinski definition) is 1. The lowest BCUT2D eigenvalue weighted by Gasteiger charge is -2.11. The fourth-order valence-corrected chi connectivity index (χ4v) is 3.92. The molecule has 4 rings (SSSR count). The number of aromatic nitrogens is 2. The first-order valence-corrected chi connectivity index (χ1v) is 11.7. The summed E-state index contributed by atoms with van der Waals surface area (Å²) < 4.78 is 14.3. The van der Waals surface area contributed by atoms with E-state index in [2.05, 4.69) is 31.9 Å². The second-order valence-electron chi connectivity index (χ2n) is 7.56. The van der Waals surface area contributed by atoms with Crippen molar-refractivity contribution in [1.29, 1.82) is 0 Å². The van der Waals surface area contributed by atoms with Crippen LogP contribution in [-0.2, 0) is 13.0 Å². The van der Waals surface area contributed by atoms with E-state index in [1.807, 2.05) is 54.6 Å². The number of nitrogens with zero attached hydrogens (tertiary/aromatic N) is 2. The van der Waals surface area contributed by atoms with Gasteiger partial charge in [0.1, 0.15) is 17.3 Å². The van der Waals surface area contributed by atoms with Gasteiger partial charge in [0.05, 0.1) is 24.8 Å². The van der Waals surface area contributed by atoms with Crippen LogP contribution in [0.15, 0.2) is 77.3 Å². The first-order chi connectivity index (χ1) is 16.1. The Hall–Kier alpha value is -3.32. The summed E-state index contributed by atoms with van der Waals surface area (Å²) in [6.45, 7) is 1.87. The third kappa shape index (κ3) is 5.93. The molecule has 0 aliphatic carbocycles. The van der Waals surface area contributed by atoms with E-state index < -0.39 is 0 Å². The van der Waals surface area contributed by atoms with Gasteiger partial charge in [-0.3, -0.25) is 4.79 Å². The van der Waals surface area contributed by atoms with Crippen molar-refractivity contribution in [3.8, 4) is 11.5 Å². The van der Waals surface area contributed by atoms with Crippen molar-refractivity contribution in [2.45, 2.75) is 19.4 Å². The van der Waals surface area contributed by atoms with Crippen molar-refractivity contribution < 1.29 is 14.3 Å². The molecule has 0 spiro atoms. The summed E-state index contributed by atoms with van der Waals surface area (Å²) in [5, 5.41) is 2.99.